The number of carboxylic acids is 1. The number of rotatable bonds is 3. The lowest BCUT2D eigenvalue weighted by molar-refractivity contribution is -0.117. The summed E-state index contributed by atoms with van der Waals surface area (Å²) in [6.07, 6.45) is 1.39. The summed E-state index contributed by atoms with van der Waals surface area (Å²) in [6.45, 7) is 1.34. The van der Waals surface area contributed by atoms with Crippen molar-refractivity contribution in [3.63, 3.8) is 0 Å². The zero-order valence-electron chi connectivity index (χ0n) is 11.8. The number of fused-ring (bicyclic) bond motifs is 3. The largest absolute Gasteiger partial charge is 0.476 e. The normalized spacial score (nSPS) is 13.3. The number of imidazole rings is 1. The number of carboxylic acid groups (broad SMARTS) is 1. The van der Waals surface area contributed by atoms with Gasteiger partial charge in [-0.2, -0.15) is 0 Å². The molecule has 7 heteroatoms. The molecule has 3 rings (SSSR count). The molecule has 0 spiro atoms. The molecule has 22 heavy (non-hydrogen) atoms. The van der Waals surface area contributed by atoms with Gasteiger partial charge in [-0.15, -0.1) is 0 Å². The van der Waals surface area contributed by atoms with E-state index in [4.69, 9.17) is 0 Å². The van der Waals surface area contributed by atoms with E-state index >= 15 is 0 Å². The molecule has 0 fully saturated rings. The lowest BCUT2D eigenvalue weighted by Crippen LogP contribution is -2.34. The highest BCUT2D eigenvalue weighted by molar-refractivity contribution is 6.00. The molecule has 1 N–H and O–H groups in total. The number of aromatic nitrogens is 2. The standard InChI is InChI=1S/C15H13N3O4/c1-9(19)6-17-7-12-13(15(21)22)16-8-18(12)11-5-3-2-4-10(11)14(17)20/h2-5,8H,6-7H2,1H3,(H,21,22). The van der Waals surface area contributed by atoms with Gasteiger partial charge in [-0.3, -0.25) is 14.2 Å². The van der Waals surface area contributed by atoms with E-state index in [9.17, 15) is 19.5 Å². The number of nitrogens with zero attached hydrogens (tertiary/aromatic N) is 3. The lowest BCUT2D eigenvalue weighted by atomic mass is 10.1. The number of benzene rings is 1. The molecule has 0 saturated carbocycles. The minimum Gasteiger partial charge on any atom is -0.476 e. The maximum Gasteiger partial charge on any atom is 0.356 e. The average molecular weight is 299 g/mol. The fourth-order valence-corrected chi connectivity index (χ4v) is 2.60. The van der Waals surface area contributed by atoms with Gasteiger partial charge >= 0.3 is 5.97 Å². The van der Waals surface area contributed by atoms with E-state index in [1.165, 1.54) is 18.2 Å². The monoisotopic (exact) mass is 299 g/mol. The third-order valence-corrected chi connectivity index (χ3v) is 3.50. The van der Waals surface area contributed by atoms with Crippen molar-refractivity contribution in [2.24, 2.45) is 0 Å². The van der Waals surface area contributed by atoms with E-state index in [1.54, 1.807) is 28.8 Å². The van der Waals surface area contributed by atoms with Crippen molar-refractivity contribution in [1.29, 1.82) is 0 Å². The van der Waals surface area contributed by atoms with E-state index in [0.717, 1.165) is 0 Å². The summed E-state index contributed by atoms with van der Waals surface area (Å²) in [6, 6.07) is 6.86. The van der Waals surface area contributed by atoms with Crippen LogP contribution >= 0.6 is 0 Å². The molecular formula is C15H13N3O4. The molecule has 1 aliphatic heterocycles. The number of ketones is 1. The third kappa shape index (κ3) is 2.16. The highest BCUT2D eigenvalue weighted by atomic mass is 16.4. The highest BCUT2D eigenvalue weighted by Crippen LogP contribution is 2.26. The summed E-state index contributed by atoms with van der Waals surface area (Å²) in [4.78, 5) is 40.6. The first-order chi connectivity index (χ1) is 10.5. The number of para-hydroxylation sites is 1. The van der Waals surface area contributed by atoms with E-state index in [-0.39, 0.29) is 30.5 Å². The predicted octanol–water partition coefficient (Wildman–Crippen LogP) is 1.12. The Kier molecular flexibility index (Phi) is 3.25. The first kappa shape index (κ1) is 14.0. The van der Waals surface area contributed by atoms with E-state index in [1.807, 2.05) is 0 Å². The molecule has 0 aliphatic carbocycles. The fraction of sp³-hybridized carbons (Fsp3) is 0.200. The Morgan fingerprint density at radius 3 is 2.73 bits per heavy atom. The maximum absolute atomic E-state index is 12.6. The minimum absolute atomic E-state index is 0.0225. The molecule has 2 aromatic rings. The van der Waals surface area contributed by atoms with Gasteiger partial charge in [-0.1, -0.05) is 12.1 Å². The van der Waals surface area contributed by atoms with Crippen LogP contribution in [0, 0.1) is 0 Å². The van der Waals surface area contributed by atoms with Crippen LogP contribution in [-0.2, 0) is 11.3 Å². The Morgan fingerprint density at radius 2 is 2.05 bits per heavy atom. The Labute approximate surface area is 125 Å². The second kappa shape index (κ2) is 5.10. The second-order valence-electron chi connectivity index (χ2n) is 5.10. The summed E-state index contributed by atoms with van der Waals surface area (Å²) in [5.41, 5.74) is 1.25. The number of carbonyl (C=O) groups excluding carboxylic acids is 2. The first-order valence-electron chi connectivity index (χ1n) is 6.66. The van der Waals surface area contributed by atoms with Gasteiger partial charge < -0.3 is 10.0 Å². The predicted molar refractivity (Wildman–Crippen MR) is 75.9 cm³/mol. The van der Waals surface area contributed by atoms with Gasteiger partial charge in [-0.05, 0) is 19.1 Å². The van der Waals surface area contributed by atoms with E-state index < -0.39 is 5.97 Å². The number of hydrogen-bond acceptors (Lipinski definition) is 4. The van der Waals surface area contributed by atoms with Crippen molar-refractivity contribution in [3.05, 3.63) is 47.5 Å². The van der Waals surface area contributed by atoms with Crippen LogP contribution in [0.5, 0.6) is 0 Å². The third-order valence-electron chi connectivity index (χ3n) is 3.50. The molecule has 1 aliphatic rings. The fourth-order valence-electron chi connectivity index (χ4n) is 2.60. The van der Waals surface area contributed by atoms with E-state index in [0.29, 0.717) is 16.9 Å². The molecule has 0 radical (unpaired) electrons. The first-order valence-corrected chi connectivity index (χ1v) is 6.66. The molecule has 1 amide bonds. The molecule has 0 saturated heterocycles. The van der Waals surface area contributed by atoms with Crippen molar-refractivity contribution in [1.82, 2.24) is 14.5 Å². The van der Waals surface area contributed by atoms with Gasteiger partial charge in [0.15, 0.2) is 5.69 Å². The SMILES string of the molecule is CC(=O)CN1Cc2c(C(=O)O)ncn2-c2ccccc2C1=O. The second-order valence-corrected chi connectivity index (χ2v) is 5.10. The summed E-state index contributed by atoms with van der Waals surface area (Å²) in [5.74, 6) is -1.63. The van der Waals surface area contributed by atoms with Crippen molar-refractivity contribution in [2.75, 3.05) is 6.54 Å². The molecule has 1 aromatic heterocycles. The number of Topliss-reactive ketones (excluding diaryl/α,β-unsaturated/α-hetero) is 1. The van der Waals surface area contributed by atoms with Crippen molar-refractivity contribution in [2.45, 2.75) is 13.5 Å². The average Bonchev–Trinajstić information content (AvgIpc) is 2.84. The summed E-state index contributed by atoms with van der Waals surface area (Å²) < 4.78 is 1.59. The topological polar surface area (TPSA) is 92.5 Å². The van der Waals surface area contributed by atoms with Crippen LogP contribution in [0.3, 0.4) is 0 Å². The van der Waals surface area contributed by atoms with Crippen LogP contribution < -0.4 is 0 Å². The molecule has 0 unspecified atom stereocenters. The molecule has 0 bridgehead atoms. The number of carbonyl (C=O) groups is 3. The van der Waals surface area contributed by atoms with Gasteiger partial charge in [0.2, 0.25) is 0 Å². The van der Waals surface area contributed by atoms with Crippen LogP contribution in [0.4, 0.5) is 0 Å². The molecule has 0 atom stereocenters. The zero-order chi connectivity index (χ0) is 15.9. The van der Waals surface area contributed by atoms with Crippen LogP contribution in [0.15, 0.2) is 30.6 Å². The maximum atomic E-state index is 12.6. The molecular weight excluding hydrogens is 286 g/mol. The molecule has 7 nitrogen and oxygen atoms in total. The van der Waals surface area contributed by atoms with E-state index in [2.05, 4.69) is 4.98 Å². The minimum atomic E-state index is -1.16. The van der Waals surface area contributed by atoms with Gasteiger partial charge in [-0.25, -0.2) is 9.78 Å². The van der Waals surface area contributed by atoms with Crippen molar-refractivity contribution in [3.8, 4) is 5.69 Å². The van der Waals surface area contributed by atoms with Crippen LogP contribution in [0.2, 0.25) is 0 Å². The lowest BCUT2D eigenvalue weighted by Gasteiger charge is -2.19. The number of aromatic carboxylic acids is 1. The highest BCUT2D eigenvalue weighted by Gasteiger charge is 2.30. The van der Waals surface area contributed by atoms with Gasteiger partial charge in [0.25, 0.3) is 5.91 Å². The van der Waals surface area contributed by atoms with Crippen LogP contribution in [0.25, 0.3) is 5.69 Å². The smallest absolute Gasteiger partial charge is 0.356 e. The molecule has 112 valence electrons. The van der Waals surface area contributed by atoms with Gasteiger partial charge in [0, 0.05) is 0 Å². The molecule has 1 aromatic carbocycles. The van der Waals surface area contributed by atoms with Crippen molar-refractivity contribution >= 4 is 17.7 Å². The summed E-state index contributed by atoms with van der Waals surface area (Å²) in [7, 11) is 0. The van der Waals surface area contributed by atoms with Crippen LogP contribution in [-0.4, -0.2) is 43.8 Å². The van der Waals surface area contributed by atoms with Gasteiger partial charge in [0.05, 0.1) is 30.0 Å². The van der Waals surface area contributed by atoms with Gasteiger partial charge in [0.1, 0.15) is 12.1 Å². The summed E-state index contributed by atoms with van der Waals surface area (Å²) >= 11 is 0. The quantitative estimate of drug-likeness (QED) is 0.916. The summed E-state index contributed by atoms with van der Waals surface area (Å²) in [5, 5.41) is 9.26. The Hall–Kier alpha value is -2.96. The number of amides is 1. The number of hydrogen-bond donors (Lipinski definition) is 1. The molecule has 2 heterocycles. The Morgan fingerprint density at radius 1 is 1.32 bits per heavy atom. The van der Waals surface area contributed by atoms with Crippen LogP contribution in [0.1, 0.15) is 33.5 Å². The zero-order valence-corrected chi connectivity index (χ0v) is 11.8. The Bertz CT molecular complexity index is 794. The van der Waals surface area contributed by atoms with Crippen molar-refractivity contribution < 1.29 is 19.5 Å². The Balaban J connectivity index is 2.22.